The van der Waals surface area contributed by atoms with Crippen LogP contribution >= 0.6 is 0 Å². The lowest BCUT2D eigenvalue weighted by molar-refractivity contribution is -0.121. The number of aliphatic hydroxyl groups is 1. The maximum atomic E-state index is 13.9. The van der Waals surface area contributed by atoms with Crippen LogP contribution in [0.1, 0.15) is 111 Å². The first-order valence-corrected chi connectivity index (χ1v) is 15.7. The number of carbonyl (C=O) groups excluding carboxylic acids is 1. The number of halogens is 2. The van der Waals surface area contributed by atoms with E-state index in [1.807, 2.05) is 89.3 Å². The molecule has 2 atom stereocenters. The normalized spacial score (nSPS) is 15.3. The molecule has 0 saturated heterocycles. The van der Waals surface area contributed by atoms with Crippen molar-refractivity contribution < 1.29 is 18.7 Å². The summed E-state index contributed by atoms with van der Waals surface area (Å²) in [4.78, 5) is 13.9. The summed E-state index contributed by atoms with van der Waals surface area (Å²) in [6, 6.07) is 6.55. The van der Waals surface area contributed by atoms with Gasteiger partial charge in [-0.05, 0) is 67.0 Å². The van der Waals surface area contributed by atoms with Crippen molar-refractivity contribution >= 4 is 11.5 Å². The molecule has 1 aliphatic carbocycles. The highest BCUT2D eigenvalue weighted by Crippen LogP contribution is 2.37. The number of allylic oxidation sites excluding steroid dienone is 10. The SMILES string of the molecule is C=C/C=C(/C(=O)NC(c1cccc(/C(C=C)=C/C)c1)C(O)(CCC)CCC(F)F)C1=C(CC)CC=CC=C1.CC.CCC. The fourth-order valence-electron chi connectivity index (χ4n) is 4.93. The summed E-state index contributed by atoms with van der Waals surface area (Å²) < 4.78 is 26.7. The molecule has 238 valence electrons. The van der Waals surface area contributed by atoms with Gasteiger partial charge in [-0.2, -0.15) is 0 Å². The zero-order valence-electron chi connectivity index (χ0n) is 27.6. The molecule has 3 nitrogen and oxygen atoms in total. The Morgan fingerprint density at radius 3 is 2.33 bits per heavy atom. The van der Waals surface area contributed by atoms with Crippen LogP contribution in [0.2, 0.25) is 0 Å². The first kappa shape index (κ1) is 39.7. The fourth-order valence-corrected chi connectivity index (χ4v) is 4.93. The summed E-state index contributed by atoms with van der Waals surface area (Å²) in [5, 5.41) is 14.9. The fraction of sp³-hybridized carbons (Fsp3) is 0.447. The van der Waals surface area contributed by atoms with E-state index in [1.54, 1.807) is 18.2 Å². The van der Waals surface area contributed by atoms with E-state index >= 15 is 0 Å². The van der Waals surface area contributed by atoms with Crippen LogP contribution < -0.4 is 5.32 Å². The van der Waals surface area contributed by atoms with Crippen molar-refractivity contribution in [2.24, 2.45) is 0 Å². The molecule has 1 aliphatic rings. The van der Waals surface area contributed by atoms with Crippen molar-refractivity contribution in [1.82, 2.24) is 5.32 Å². The summed E-state index contributed by atoms with van der Waals surface area (Å²) >= 11 is 0. The summed E-state index contributed by atoms with van der Waals surface area (Å²) in [6.07, 6.45) is 15.0. The molecular formula is C38H55F2NO2. The number of hydrogen-bond donors (Lipinski definition) is 2. The van der Waals surface area contributed by atoms with E-state index in [0.29, 0.717) is 24.0 Å². The standard InChI is InChI=1S/C33H41F2NO2.C3H8.C2H6/c1-6-15-29(28-19-13-11-12-16-25(28)10-5)32(37)36-31(33(38,21-7-2)22-20-30(34)35)27-18-14-17-26(23-27)24(8-3)9-4;1-3-2;1-2/h6,8-9,11-15,17-19,23,30-31,38H,1,3,7,10,16,20-22H2,2,4-5H3,(H,36,37);3H2,1-2H3;1-2H3/b24-9+,29-15+;;. The molecule has 0 bridgehead atoms. The summed E-state index contributed by atoms with van der Waals surface area (Å²) in [7, 11) is 0. The van der Waals surface area contributed by atoms with Gasteiger partial charge in [0.25, 0.3) is 5.91 Å². The first-order valence-electron chi connectivity index (χ1n) is 15.7. The Morgan fingerprint density at radius 2 is 1.79 bits per heavy atom. The number of hydrogen-bond acceptors (Lipinski definition) is 2. The molecular weight excluding hydrogens is 540 g/mol. The summed E-state index contributed by atoms with van der Waals surface area (Å²) in [6.45, 7) is 21.8. The van der Waals surface area contributed by atoms with E-state index in [-0.39, 0.29) is 12.8 Å². The predicted octanol–water partition coefficient (Wildman–Crippen LogP) is 10.8. The Morgan fingerprint density at radius 1 is 1.12 bits per heavy atom. The molecule has 0 aromatic heterocycles. The molecule has 0 heterocycles. The third-order valence-electron chi connectivity index (χ3n) is 6.88. The molecule has 2 unspecified atom stereocenters. The second kappa shape index (κ2) is 22.3. The largest absolute Gasteiger partial charge is 0.387 e. The predicted molar refractivity (Wildman–Crippen MR) is 182 cm³/mol. The van der Waals surface area contributed by atoms with E-state index in [1.165, 1.54) is 6.42 Å². The minimum Gasteiger partial charge on any atom is -0.387 e. The average molecular weight is 596 g/mol. The minimum absolute atomic E-state index is 0.154. The van der Waals surface area contributed by atoms with E-state index in [0.717, 1.165) is 28.7 Å². The van der Waals surface area contributed by atoms with E-state index in [2.05, 4.69) is 32.3 Å². The molecule has 0 radical (unpaired) electrons. The lowest BCUT2D eigenvalue weighted by Crippen LogP contribution is -2.47. The summed E-state index contributed by atoms with van der Waals surface area (Å²) in [5.74, 6) is -0.394. The highest BCUT2D eigenvalue weighted by Gasteiger charge is 2.39. The molecule has 5 heteroatoms. The van der Waals surface area contributed by atoms with Crippen molar-refractivity contribution in [3.63, 3.8) is 0 Å². The van der Waals surface area contributed by atoms with Crippen LogP contribution in [0.4, 0.5) is 8.78 Å². The van der Waals surface area contributed by atoms with E-state index < -0.39 is 30.4 Å². The number of carbonyl (C=O) groups is 1. The average Bonchev–Trinajstić information content (AvgIpc) is 3.25. The zero-order chi connectivity index (χ0) is 32.8. The highest BCUT2D eigenvalue weighted by molar-refractivity contribution is 5.99. The van der Waals surface area contributed by atoms with Gasteiger partial charge in [-0.15, -0.1) is 0 Å². The number of amides is 1. The molecule has 0 saturated carbocycles. The minimum atomic E-state index is -2.56. The Labute approximate surface area is 260 Å². The maximum absolute atomic E-state index is 13.9. The van der Waals surface area contributed by atoms with Crippen LogP contribution in [0.5, 0.6) is 0 Å². The molecule has 1 amide bonds. The smallest absolute Gasteiger partial charge is 0.252 e. The Bertz CT molecular complexity index is 1160. The van der Waals surface area contributed by atoms with Crippen molar-refractivity contribution in [3.8, 4) is 0 Å². The van der Waals surface area contributed by atoms with Gasteiger partial charge in [0.2, 0.25) is 6.43 Å². The van der Waals surface area contributed by atoms with Gasteiger partial charge in [-0.1, -0.05) is 134 Å². The van der Waals surface area contributed by atoms with Crippen molar-refractivity contribution in [2.45, 2.75) is 111 Å². The van der Waals surface area contributed by atoms with Gasteiger partial charge >= 0.3 is 0 Å². The lowest BCUT2D eigenvalue weighted by Gasteiger charge is -2.38. The third-order valence-corrected chi connectivity index (χ3v) is 6.88. The molecule has 0 spiro atoms. The van der Waals surface area contributed by atoms with Gasteiger partial charge in [0.15, 0.2) is 0 Å². The Hall–Kier alpha value is -3.31. The topological polar surface area (TPSA) is 49.3 Å². The van der Waals surface area contributed by atoms with Crippen LogP contribution in [-0.2, 0) is 4.79 Å². The molecule has 43 heavy (non-hydrogen) atoms. The number of rotatable bonds is 14. The van der Waals surface area contributed by atoms with Crippen molar-refractivity contribution in [3.05, 3.63) is 114 Å². The van der Waals surface area contributed by atoms with Crippen LogP contribution in [0.15, 0.2) is 103 Å². The second-order valence-electron chi connectivity index (χ2n) is 10.1. The van der Waals surface area contributed by atoms with Crippen molar-refractivity contribution in [2.75, 3.05) is 0 Å². The third kappa shape index (κ3) is 12.8. The first-order chi connectivity index (χ1) is 20.7. The maximum Gasteiger partial charge on any atom is 0.252 e. The monoisotopic (exact) mass is 595 g/mol. The summed E-state index contributed by atoms with van der Waals surface area (Å²) in [5.41, 5.74) is 3.14. The number of alkyl halides is 2. The molecule has 1 aromatic rings. The van der Waals surface area contributed by atoms with Gasteiger partial charge in [0, 0.05) is 12.0 Å². The molecule has 2 N–H and O–H groups in total. The van der Waals surface area contributed by atoms with Crippen molar-refractivity contribution in [1.29, 1.82) is 0 Å². The van der Waals surface area contributed by atoms with Crippen LogP contribution in [0.25, 0.3) is 5.57 Å². The van der Waals surface area contributed by atoms with Crippen LogP contribution in [0.3, 0.4) is 0 Å². The second-order valence-corrected chi connectivity index (χ2v) is 10.1. The highest BCUT2D eigenvalue weighted by atomic mass is 19.3. The van der Waals surface area contributed by atoms with Gasteiger partial charge in [0.1, 0.15) is 0 Å². The molecule has 2 rings (SSSR count). The Balaban J connectivity index is 0.00000331. The zero-order valence-corrected chi connectivity index (χ0v) is 27.6. The number of nitrogens with one attached hydrogen (secondary N) is 1. The van der Waals surface area contributed by atoms with E-state index in [9.17, 15) is 18.7 Å². The van der Waals surface area contributed by atoms with Gasteiger partial charge < -0.3 is 10.4 Å². The number of benzene rings is 1. The van der Waals surface area contributed by atoms with Crippen LogP contribution in [0, 0.1) is 0 Å². The van der Waals surface area contributed by atoms with Gasteiger partial charge in [-0.25, -0.2) is 8.78 Å². The molecule has 1 aromatic carbocycles. The van der Waals surface area contributed by atoms with Gasteiger partial charge in [0.05, 0.1) is 11.6 Å². The quantitative estimate of drug-likeness (QED) is 0.166. The van der Waals surface area contributed by atoms with E-state index in [4.69, 9.17) is 0 Å². The molecule has 0 fully saturated rings. The lowest BCUT2D eigenvalue weighted by atomic mass is 9.80. The Kier molecular flexibility index (Phi) is 20.5. The van der Waals surface area contributed by atoms with Crippen LogP contribution in [-0.4, -0.2) is 23.0 Å². The van der Waals surface area contributed by atoms with Gasteiger partial charge in [-0.3, -0.25) is 4.79 Å². The molecule has 0 aliphatic heterocycles.